The Bertz CT molecular complexity index is 1240. The van der Waals surface area contributed by atoms with Crippen molar-refractivity contribution in [2.75, 3.05) is 0 Å². The molecule has 1 saturated heterocycles. The standard InChI is InChI=1S/C23H19N5O/c1-14-3-9-18(10-4-14)28-20-11-12-24-13-19(20)27-22(28)17-7-5-16(6-8-17)21-23(29)26-15(2)25-21/h3-13,21,25H,2H2,1H3,(H,26,29). The summed E-state index contributed by atoms with van der Waals surface area (Å²) in [5.74, 6) is 1.26. The van der Waals surface area contributed by atoms with Crippen LogP contribution in [0.25, 0.3) is 28.1 Å². The summed E-state index contributed by atoms with van der Waals surface area (Å²) in [6, 6.07) is 17.8. The van der Waals surface area contributed by atoms with Crippen molar-refractivity contribution in [3.05, 3.63) is 90.5 Å². The van der Waals surface area contributed by atoms with Gasteiger partial charge in [0, 0.05) is 17.4 Å². The Kier molecular flexibility index (Phi) is 3.91. The van der Waals surface area contributed by atoms with Gasteiger partial charge >= 0.3 is 0 Å². The number of aryl methyl sites for hydroxylation is 1. The third-order valence-electron chi connectivity index (χ3n) is 5.11. The van der Waals surface area contributed by atoms with E-state index >= 15 is 0 Å². The summed E-state index contributed by atoms with van der Waals surface area (Å²) < 4.78 is 2.13. The van der Waals surface area contributed by atoms with Crippen molar-refractivity contribution in [1.82, 2.24) is 25.2 Å². The van der Waals surface area contributed by atoms with Gasteiger partial charge in [-0.3, -0.25) is 14.3 Å². The predicted molar refractivity (Wildman–Crippen MR) is 112 cm³/mol. The van der Waals surface area contributed by atoms with Gasteiger partial charge in [-0.05, 0) is 30.7 Å². The number of rotatable bonds is 3. The second-order valence-corrected chi connectivity index (χ2v) is 7.14. The zero-order valence-electron chi connectivity index (χ0n) is 15.9. The minimum absolute atomic E-state index is 0.0966. The molecule has 0 radical (unpaired) electrons. The summed E-state index contributed by atoms with van der Waals surface area (Å²) in [6.07, 6.45) is 3.55. The Morgan fingerprint density at radius 1 is 1.03 bits per heavy atom. The number of hydrogen-bond donors (Lipinski definition) is 2. The van der Waals surface area contributed by atoms with Gasteiger partial charge in [0.1, 0.15) is 17.4 Å². The van der Waals surface area contributed by atoms with E-state index < -0.39 is 6.04 Å². The van der Waals surface area contributed by atoms with E-state index in [1.54, 1.807) is 12.4 Å². The molecule has 1 unspecified atom stereocenters. The molecule has 1 fully saturated rings. The van der Waals surface area contributed by atoms with Crippen LogP contribution in [-0.4, -0.2) is 20.4 Å². The molecule has 6 heteroatoms. The molecule has 2 aromatic heterocycles. The summed E-state index contributed by atoms with van der Waals surface area (Å²) in [5.41, 5.74) is 5.91. The van der Waals surface area contributed by atoms with Gasteiger partial charge in [0.25, 0.3) is 5.91 Å². The van der Waals surface area contributed by atoms with E-state index in [-0.39, 0.29) is 5.91 Å². The topological polar surface area (TPSA) is 71.8 Å². The van der Waals surface area contributed by atoms with Gasteiger partial charge in [0.05, 0.1) is 17.5 Å². The van der Waals surface area contributed by atoms with Crippen molar-refractivity contribution < 1.29 is 4.79 Å². The van der Waals surface area contributed by atoms with Crippen molar-refractivity contribution in [1.29, 1.82) is 0 Å². The Morgan fingerprint density at radius 3 is 2.48 bits per heavy atom. The summed E-state index contributed by atoms with van der Waals surface area (Å²) in [5, 5.41) is 5.76. The van der Waals surface area contributed by atoms with Gasteiger partial charge < -0.3 is 10.6 Å². The molecule has 0 saturated carbocycles. The largest absolute Gasteiger partial charge is 0.357 e. The first-order chi connectivity index (χ1) is 14.1. The molecule has 3 heterocycles. The normalized spacial score (nSPS) is 16.1. The van der Waals surface area contributed by atoms with Crippen LogP contribution in [0.1, 0.15) is 17.2 Å². The number of fused-ring (bicyclic) bond motifs is 1. The molecule has 29 heavy (non-hydrogen) atoms. The van der Waals surface area contributed by atoms with Gasteiger partial charge in [0.15, 0.2) is 0 Å². The lowest BCUT2D eigenvalue weighted by Gasteiger charge is -2.12. The van der Waals surface area contributed by atoms with Crippen molar-refractivity contribution in [3.63, 3.8) is 0 Å². The third-order valence-corrected chi connectivity index (χ3v) is 5.11. The molecule has 1 aliphatic heterocycles. The average molecular weight is 381 g/mol. The first-order valence-electron chi connectivity index (χ1n) is 9.36. The predicted octanol–water partition coefficient (Wildman–Crippen LogP) is 3.63. The third kappa shape index (κ3) is 2.95. The molecule has 2 aromatic carbocycles. The molecule has 142 valence electrons. The van der Waals surface area contributed by atoms with Crippen LogP contribution >= 0.6 is 0 Å². The maximum Gasteiger partial charge on any atom is 0.252 e. The summed E-state index contributed by atoms with van der Waals surface area (Å²) in [7, 11) is 0. The molecule has 0 aliphatic carbocycles. The lowest BCUT2D eigenvalue weighted by molar-refractivity contribution is -0.120. The van der Waals surface area contributed by atoms with Crippen LogP contribution in [0, 0.1) is 6.92 Å². The number of imidazole rings is 1. The maximum absolute atomic E-state index is 12.1. The van der Waals surface area contributed by atoms with Crippen molar-refractivity contribution in [2.24, 2.45) is 0 Å². The second-order valence-electron chi connectivity index (χ2n) is 7.14. The minimum Gasteiger partial charge on any atom is -0.357 e. The van der Waals surface area contributed by atoms with Gasteiger partial charge in [-0.15, -0.1) is 0 Å². The first kappa shape index (κ1) is 17.2. The second kappa shape index (κ2) is 6.60. The van der Waals surface area contributed by atoms with Crippen LogP contribution in [-0.2, 0) is 4.79 Å². The van der Waals surface area contributed by atoms with Gasteiger partial charge in [0.2, 0.25) is 0 Å². The van der Waals surface area contributed by atoms with E-state index in [9.17, 15) is 4.79 Å². The molecule has 4 aromatic rings. The zero-order chi connectivity index (χ0) is 20.0. The smallest absolute Gasteiger partial charge is 0.252 e. The monoisotopic (exact) mass is 381 g/mol. The highest BCUT2D eigenvalue weighted by atomic mass is 16.2. The van der Waals surface area contributed by atoms with E-state index in [1.165, 1.54) is 5.56 Å². The highest BCUT2D eigenvalue weighted by molar-refractivity contribution is 5.88. The molecule has 2 N–H and O–H groups in total. The van der Waals surface area contributed by atoms with E-state index in [0.29, 0.717) is 5.82 Å². The Morgan fingerprint density at radius 2 is 1.79 bits per heavy atom. The van der Waals surface area contributed by atoms with Crippen LogP contribution in [0.4, 0.5) is 0 Å². The summed E-state index contributed by atoms with van der Waals surface area (Å²) in [4.78, 5) is 21.1. The van der Waals surface area contributed by atoms with E-state index in [4.69, 9.17) is 4.98 Å². The van der Waals surface area contributed by atoms with Gasteiger partial charge in [-0.2, -0.15) is 0 Å². The molecular formula is C23H19N5O. The van der Waals surface area contributed by atoms with E-state index in [2.05, 4.69) is 58.0 Å². The SMILES string of the molecule is C=C1NC(=O)C(c2ccc(-c3nc4cnccc4n3-c3ccc(C)cc3)cc2)N1. The Balaban J connectivity index is 1.62. The fraction of sp³-hybridized carbons (Fsp3) is 0.0870. The highest BCUT2D eigenvalue weighted by Crippen LogP contribution is 2.29. The molecule has 0 spiro atoms. The molecule has 5 rings (SSSR count). The maximum atomic E-state index is 12.1. The Hall–Kier alpha value is -3.93. The van der Waals surface area contributed by atoms with Gasteiger partial charge in [-0.25, -0.2) is 4.98 Å². The lowest BCUT2D eigenvalue weighted by Crippen LogP contribution is -2.19. The van der Waals surface area contributed by atoms with Crippen LogP contribution < -0.4 is 10.6 Å². The van der Waals surface area contributed by atoms with Crippen LogP contribution in [0.3, 0.4) is 0 Å². The fourth-order valence-corrected chi connectivity index (χ4v) is 3.64. The van der Waals surface area contributed by atoms with E-state index in [0.717, 1.165) is 33.7 Å². The summed E-state index contributed by atoms with van der Waals surface area (Å²) >= 11 is 0. The highest BCUT2D eigenvalue weighted by Gasteiger charge is 2.27. The lowest BCUT2D eigenvalue weighted by atomic mass is 10.0. The Labute approximate surface area is 167 Å². The molecule has 0 bridgehead atoms. The zero-order valence-corrected chi connectivity index (χ0v) is 15.9. The number of amides is 1. The van der Waals surface area contributed by atoms with Crippen molar-refractivity contribution in [3.8, 4) is 17.1 Å². The van der Waals surface area contributed by atoms with Crippen LogP contribution in [0.15, 0.2) is 79.4 Å². The number of hydrogen-bond acceptors (Lipinski definition) is 4. The molecular weight excluding hydrogens is 362 g/mol. The number of nitrogens with zero attached hydrogens (tertiary/aromatic N) is 3. The molecule has 1 amide bonds. The van der Waals surface area contributed by atoms with Crippen molar-refractivity contribution in [2.45, 2.75) is 13.0 Å². The number of aromatic nitrogens is 3. The number of benzene rings is 2. The van der Waals surface area contributed by atoms with E-state index in [1.807, 2.05) is 30.3 Å². The number of pyridine rings is 1. The number of carbonyl (C=O) groups excluding carboxylic acids is 1. The quantitative estimate of drug-likeness (QED) is 0.568. The molecule has 1 atom stereocenters. The van der Waals surface area contributed by atoms with Gasteiger partial charge in [-0.1, -0.05) is 48.5 Å². The number of carbonyl (C=O) groups is 1. The van der Waals surface area contributed by atoms with Crippen LogP contribution in [0.2, 0.25) is 0 Å². The van der Waals surface area contributed by atoms with Crippen LogP contribution in [0.5, 0.6) is 0 Å². The fourth-order valence-electron chi connectivity index (χ4n) is 3.64. The van der Waals surface area contributed by atoms with Crippen molar-refractivity contribution >= 4 is 16.9 Å². The molecule has 1 aliphatic rings. The first-order valence-corrected chi connectivity index (χ1v) is 9.36. The minimum atomic E-state index is -0.420. The average Bonchev–Trinajstić information content (AvgIpc) is 3.28. The number of nitrogens with one attached hydrogen (secondary N) is 2. The molecule has 6 nitrogen and oxygen atoms in total. The summed E-state index contributed by atoms with van der Waals surface area (Å²) in [6.45, 7) is 5.83.